The number of methoxy groups -OCH3 is 1. The molecule has 4 rings (SSSR count). The van der Waals surface area contributed by atoms with Crippen molar-refractivity contribution in [2.45, 2.75) is 13.3 Å². The molecule has 1 unspecified atom stereocenters. The molecule has 4 aromatic rings. The van der Waals surface area contributed by atoms with E-state index in [1.165, 1.54) is 6.20 Å². The van der Waals surface area contributed by atoms with Crippen molar-refractivity contribution in [2.24, 2.45) is 0 Å². The average molecular weight is 470 g/mol. The number of fused-ring (bicyclic) bond motifs is 1. The minimum absolute atomic E-state index is 0.0810. The first-order valence-electron chi connectivity index (χ1n) is 10.2. The van der Waals surface area contributed by atoms with Gasteiger partial charge in [-0.1, -0.05) is 19.1 Å². The van der Waals surface area contributed by atoms with E-state index in [1.54, 1.807) is 31.5 Å². The van der Waals surface area contributed by atoms with Crippen LogP contribution in [0.3, 0.4) is 0 Å². The summed E-state index contributed by atoms with van der Waals surface area (Å²) in [6.45, 7) is 1.83. The molecule has 0 saturated carbocycles. The lowest BCUT2D eigenvalue weighted by molar-refractivity contribution is 0.103. The fraction of sp³-hybridized carbons (Fsp3) is 0.167. The number of aromatic nitrogens is 2. The summed E-state index contributed by atoms with van der Waals surface area (Å²) in [5, 5.41) is 0.431. The van der Waals surface area contributed by atoms with Crippen LogP contribution in [0.15, 0.2) is 54.9 Å². The van der Waals surface area contributed by atoms with Crippen LogP contribution in [0.5, 0.6) is 5.75 Å². The number of aromatic amines is 1. The first-order chi connectivity index (χ1) is 15.9. The van der Waals surface area contributed by atoms with Crippen LogP contribution in [-0.2, 0) is 11.0 Å². The summed E-state index contributed by atoms with van der Waals surface area (Å²) >= 11 is 0. The number of carbonyl (C=O) groups excluding carboxylic acids is 1. The van der Waals surface area contributed by atoms with Gasteiger partial charge in [0.05, 0.1) is 18.4 Å². The SMILES string of the molecule is CCCS(=O)Nc1ccc(F)c(C(=O)c2c[nH]c3ncc(-c4ccc(OC)cc4)cc23)c1F. The normalized spacial score (nSPS) is 12.0. The van der Waals surface area contributed by atoms with E-state index in [-0.39, 0.29) is 11.3 Å². The van der Waals surface area contributed by atoms with Crippen molar-refractivity contribution in [1.29, 1.82) is 0 Å². The molecule has 0 aliphatic carbocycles. The first kappa shape index (κ1) is 22.6. The number of anilines is 1. The molecule has 1 atom stereocenters. The molecule has 2 heterocycles. The van der Waals surface area contributed by atoms with Gasteiger partial charge in [0.1, 0.15) is 28.2 Å². The molecule has 6 nitrogen and oxygen atoms in total. The van der Waals surface area contributed by atoms with Gasteiger partial charge in [-0.15, -0.1) is 0 Å². The number of ketones is 1. The monoisotopic (exact) mass is 469 g/mol. The van der Waals surface area contributed by atoms with Gasteiger partial charge in [0.2, 0.25) is 5.78 Å². The van der Waals surface area contributed by atoms with Crippen molar-refractivity contribution in [2.75, 3.05) is 17.6 Å². The summed E-state index contributed by atoms with van der Waals surface area (Å²) in [5.41, 5.74) is 1.15. The Hall–Kier alpha value is -3.59. The van der Waals surface area contributed by atoms with Crippen LogP contribution in [0.1, 0.15) is 29.3 Å². The fourth-order valence-electron chi connectivity index (χ4n) is 3.47. The Kier molecular flexibility index (Phi) is 6.50. The van der Waals surface area contributed by atoms with Gasteiger partial charge < -0.3 is 14.4 Å². The van der Waals surface area contributed by atoms with Gasteiger partial charge in [0, 0.05) is 34.7 Å². The number of hydrogen-bond donors (Lipinski definition) is 2. The molecule has 2 N–H and O–H groups in total. The van der Waals surface area contributed by atoms with Crippen LogP contribution >= 0.6 is 0 Å². The summed E-state index contributed by atoms with van der Waals surface area (Å²) in [4.78, 5) is 20.4. The number of hydrogen-bond acceptors (Lipinski definition) is 4. The van der Waals surface area contributed by atoms with Gasteiger partial charge in [0.25, 0.3) is 0 Å². The molecule has 9 heteroatoms. The van der Waals surface area contributed by atoms with Crippen LogP contribution < -0.4 is 9.46 Å². The topological polar surface area (TPSA) is 84.1 Å². The van der Waals surface area contributed by atoms with Crippen LogP contribution in [0.4, 0.5) is 14.5 Å². The van der Waals surface area contributed by atoms with Gasteiger partial charge in [-0.25, -0.2) is 18.0 Å². The Labute approximate surface area is 191 Å². The standard InChI is InChI=1S/C24H21F2N3O3S/c1-3-10-33(31)29-20-9-8-19(25)21(22(20)26)23(30)18-13-28-24-17(18)11-15(12-27-24)14-4-6-16(32-2)7-5-14/h4-9,11-13,29H,3,10H2,1-2H3,(H,27,28). The Balaban J connectivity index is 1.74. The number of H-pyrrole nitrogens is 1. The van der Waals surface area contributed by atoms with Crippen LogP contribution in [0.25, 0.3) is 22.2 Å². The van der Waals surface area contributed by atoms with Crippen molar-refractivity contribution < 1.29 is 22.5 Å². The Morgan fingerprint density at radius 3 is 2.61 bits per heavy atom. The summed E-state index contributed by atoms with van der Waals surface area (Å²) in [6.07, 6.45) is 3.64. The Morgan fingerprint density at radius 2 is 1.91 bits per heavy atom. The zero-order chi connectivity index (χ0) is 23.5. The van der Waals surface area contributed by atoms with Crippen molar-refractivity contribution in [3.05, 3.63) is 77.6 Å². The van der Waals surface area contributed by atoms with E-state index < -0.39 is 34.0 Å². The highest BCUT2D eigenvalue weighted by Gasteiger charge is 2.25. The third-order valence-electron chi connectivity index (χ3n) is 5.13. The van der Waals surface area contributed by atoms with Gasteiger partial charge >= 0.3 is 0 Å². The number of carbonyl (C=O) groups is 1. The van der Waals surface area contributed by atoms with Crippen LogP contribution in [0.2, 0.25) is 0 Å². The summed E-state index contributed by atoms with van der Waals surface area (Å²) in [5.74, 6) is -1.93. The minimum atomic E-state index is -1.54. The molecule has 170 valence electrons. The number of ether oxygens (including phenoxy) is 1. The van der Waals surface area contributed by atoms with Crippen molar-refractivity contribution in [3.8, 4) is 16.9 Å². The van der Waals surface area contributed by atoms with E-state index in [2.05, 4.69) is 14.7 Å². The number of benzene rings is 2. The maximum Gasteiger partial charge on any atom is 0.201 e. The quantitative estimate of drug-likeness (QED) is 0.346. The molecule has 0 saturated heterocycles. The molecular formula is C24H21F2N3O3S. The van der Waals surface area contributed by atoms with E-state index in [0.717, 1.165) is 23.3 Å². The Bertz CT molecular complexity index is 1350. The molecule has 33 heavy (non-hydrogen) atoms. The molecule has 0 fully saturated rings. The lowest BCUT2D eigenvalue weighted by Gasteiger charge is -2.10. The van der Waals surface area contributed by atoms with E-state index in [4.69, 9.17) is 4.74 Å². The van der Waals surface area contributed by atoms with Crippen molar-refractivity contribution in [3.63, 3.8) is 0 Å². The molecule has 0 spiro atoms. The third kappa shape index (κ3) is 4.49. The maximum absolute atomic E-state index is 15.1. The predicted octanol–water partition coefficient (Wildman–Crippen LogP) is 5.23. The number of halogens is 2. The summed E-state index contributed by atoms with van der Waals surface area (Å²) in [6, 6.07) is 11.2. The maximum atomic E-state index is 15.1. The van der Waals surface area contributed by atoms with Gasteiger partial charge in [-0.2, -0.15) is 0 Å². The third-order valence-corrected chi connectivity index (χ3v) is 6.36. The molecular weight excluding hydrogens is 448 g/mol. The summed E-state index contributed by atoms with van der Waals surface area (Å²) < 4.78 is 49.3. The summed E-state index contributed by atoms with van der Waals surface area (Å²) in [7, 11) is 0.0299. The Morgan fingerprint density at radius 1 is 1.15 bits per heavy atom. The number of nitrogens with zero attached hydrogens (tertiary/aromatic N) is 1. The molecule has 2 aromatic heterocycles. The zero-order valence-electron chi connectivity index (χ0n) is 17.9. The predicted molar refractivity (Wildman–Crippen MR) is 125 cm³/mol. The molecule has 0 aliphatic heterocycles. The second-order valence-corrected chi connectivity index (χ2v) is 8.62. The van der Waals surface area contributed by atoms with Gasteiger partial charge in [0.15, 0.2) is 5.82 Å². The number of rotatable bonds is 8. The lowest BCUT2D eigenvalue weighted by atomic mass is 10.00. The second-order valence-electron chi connectivity index (χ2n) is 7.32. The molecule has 2 aromatic carbocycles. The van der Waals surface area contributed by atoms with Crippen LogP contribution in [-0.4, -0.2) is 32.8 Å². The number of nitrogens with one attached hydrogen (secondary N) is 2. The van der Waals surface area contributed by atoms with Crippen LogP contribution in [0, 0.1) is 11.6 Å². The van der Waals surface area contributed by atoms with E-state index in [0.29, 0.717) is 29.0 Å². The van der Waals surface area contributed by atoms with Gasteiger partial charge in [-0.05, 0) is 42.3 Å². The second kappa shape index (κ2) is 9.50. The van der Waals surface area contributed by atoms with Gasteiger partial charge in [-0.3, -0.25) is 4.79 Å². The largest absolute Gasteiger partial charge is 0.497 e. The average Bonchev–Trinajstić information content (AvgIpc) is 3.24. The zero-order valence-corrected chi connectivity index (χ0v) is 18.8. The minimum Gasteiger partial charge on any atom is -0.497 e. The molecule has 0 radical (unpaired) electrons. The fourth-order valence-corrected chi connectivity index (χ4v) is 4.34. The van der Waals surface area contributed by atoms with E-state index in [1.807, 2.05) is 19.1 Å². The lowest BCUT2D eigenvalue weighted by Crippen LogP contribution is -2.13. The molecule has 0 bridgehead atoms. The smallest absolute Gasteiger partial charge is 0.201 e. The number of pyridine rings is 1. The van der Waals surface area contributed by atoms with Crippen molar-refractivity contribution in [1.82, 2.24) is 9.97 Å². The highest BCUT2D eigenvalue weighted by molar-refractivity contribution is 7.86. The molecule has 0 amide bonds. The highest BCUT2D eigenvalue weighted by Crippen LogP contribution is 2.30. The van der Waals surface area contributed by atoms with E-state index >= 15 is 4.39 Å². The van der Waals surface area contributed by atoms with Crippen molar-refractivity contribution >= 4 is 33.5 Å². The highest BCUT2D eigenvalue weighted by atomic mass is 32.2. The first-order valence-corrected chi connectivity index (χ1v) is 11.5. The molecule has 0 aliphatic rings. The van der Waals surface area contributed by atoms with E-state index in [9.17, 15) is 13.4 Å².